The molecule has 0 heterocycles. The molecule has 72 valence electrons. The maximum Gasteiger partial charge on any atom is 0.000661 e. The summed E-state index contributed by atoms with van der Waals surface area (Å²) in [6, 6.07) is 0. The highest BCUT2D eigenvalue weighted by Gasteiger charge is 2.15. The summed E-state index contributed by atoms with van der Waals surface area (Å²) in [5.41, 5.74) is 5.46. The van der Waals surface area contributed by atoms with E-state index in [1.165, 1.54) is 38.8 Å². The summed E-state index contributed by atoms with van der Waals surface area (Å²) in [4.78, 5) is 2.43. The summed E-state index contributed by atoms with van der Waals surface area (Å²) in [6.07, 6.45) is 6.95. The summed E-state index contributed by atoms with van der Waals surface area (Å²) < 4.78 is 0. The molecule has 1 aliphatic rings. The average Bonchev–Trinajstić information content (AvgIpc) is 2.53. The fourth-order valence-corrected chi connectivity index (χ4v) is 2.09. The first-order chi connectivity index (χ1) is 5.83. The molecule has 0 bridgehead atoms. The van der Waals surface area contributed by atoms with E-state index in [1.807, 2.05) is 0 Å². The van der Waals surface area contributed by atoms with Crippen molar-refractivity contribution in [3.63, 3.8) is 0 Å². The van der Waals surface area contributed by atoms with Crippen LogP contribution < -0.4 is 5.73 Å². The molecule has 0 aromatic carbocycles. The molecule has 2 heteroatoms. The zero-order chi connectivity index (χ0) is 8.81. The third-order valence-corrected chi connectivity index (χ3v) is 2.79. The lowest BCUT2D eigenvalue weighted by atomic mass is 10.1. The van der Waals surface area contributed by atoms with Crippen LogP contribution in [-0.4, -0.2) is 31.6 Å². The Kier molecular flexibility index (Phi) is 4.62. The molecular weight excluding hydrogens is 148 g/mol. The standard InChI is InChI=1S/C10H22N2/c1-12(8-4-7-11)9-10-5-2-3-6-10/h10H,2-9,11H2,1H3. The Morgan fingerprint density at radius 1 is 1.33 bits per heavy atom. The van der Waals surface area contributed by atoms with Crippen molar-refractivity contribution >= 4 is 0 Å². The fraction of sp³-hybridized carbons (Fsp3) is 1.00. The van der Waals surface area contributed by atoms with Gasteiger partial charge in [-0.2, -0.15) is 0 Å². The van der Waals surface area contributed by atoms with Crippen molar-refractivity contribution in [2.24, 2.45) is 11.7 Å². The third-order valence-electron chi connectivity index (χ3n) is 2.79. The minimum atomic E-state index is 0.828. The van der Waals surface area contributed by atoms with E-state index < -0.39 is 0 Å². The number of nitrogens with zero attached hydrogens (tertiary/aromatic N) is 1. The van der Waals surface area contributed by atoms with Gasteiger partial charge in [0.2, 0.25) is 0 Å². The summed E-state index contributed by atoms with van der Waals surface area (Å²) in [5.74, 6) is 0.979. The molecule has 0 aromatic rings. The summed E-state index contributed by atoms with van der Waals surface area (Å²) in [7, 11) is 2.22. The first-order valence-corrected chi connectivity index (χ1v) is 5.21. The van der Waals surface area contributed by atoms with E-state index in [1.54, 1.807) is 0 Å². The fourth-order valence-electron chi connectivity index (χ4n) is 2.09. The van der Waals surface area contributed by atoms with E-state index in [-0.39, 0.29) is 0 Å². The smallest absolute Gasteiger partial charge is 0.000661 e. The topological polar surface area (TPSA) is 29.3 Å². The number of hydrogen-bond acceptors (Lipinski definition) is 2. The predicted octanol–water partition coefficient (Wildman–Crippen LogP) is 1.46. The summed E-state index contributed by atoms with van der Waals surface area (Å²) >= 11 is 0. The van der Waals surface area contributed by atoms with E-state index in [0.717, 1.165) is 18.9 Å². The zero-order valence-corrected chi connectivity index (χ0v) is 8.26. The molecule has 1 saturated carbocycles. The normalized spacial score (nSPS) is 19.2. The second kappa shape index (κ2) is 5.55. The SMILES string of the molecule is CN(CCCN)CC1CCCC1. The molecule has 12 heavy (non-hydrogen) atoms. The van der Waals surface area contributed by atoms with Crippen LogP contribution in [0.1, 0.15) is 32.1 Å². The van der Waals surface area contributed by atoms with Crippen molar-refractivity contribution in [2.45, 2.75) is 32.1 Å². The molecule has 0 spiro atoms. The monoisotopic (exact) mass is 170 g/mol. The molecule has 0 atom stereocenters. The first kappa shape index (κ1) is 10.0. The van der Waals surface area contributed by atoms with Crippen molar-refractivity contribution in [1.29, 1.82) is 0 Å². The average molecular weight is 170 g/mol. The molecule has 1 aliphatic carbocycles. The molecule has 0 amide bonds. The molecule has 1 rings (SSSR count). The van der Waals surface area contributed by atoms with Crippen molar-refractivity contribution in [2.75, 3.05) is 26.7 Å². The van der Waals surface area contributed by atoms with Crippen LogP contribution in [0.15, 0.2) is 0 Å². The zero-order valence-electron chi connectivity index (χ0n) is 8.26. The second-order valence-electron chi connectivity index (χ2n) is 4.05. The van der Waals surface area contributed by atoms with E-state index in [0.29, 0.717) is 0 Å². The Morgan fingerprint density at radius 3 is 2.58 bits per heavy atom. The van der Waals surface area contributed by atoms with Crippen molar-refractivity contribution in [1.82, 2.24) is 4.90 Å². The minimum absolute atomic E-state index is 0.828. The molecule has 0 radical (unpaired) electrons. The molecule has 2 N–H and O–H groups in total. The van der Waals surface area contributed by atoms with Crippen LogP contribution in [-0.2, 0) is 0 Å². The van der Waals surface area contributed by atoms with Gasteiger partial charge in [-0.1, -0.05) is 12.8 Å². The van der Waals surface area contributed by atoms with Crippen LogP contribution in [0.4, 0.5) is 0 Å². The Bertz CT molecular complexity index is 108. The Morgan fingerprint density at radius 2 is 2.00 bits per heavy atom. The van der Waals surface area contributed by atoms with Gasteiger partial charge in [0.15, 0.2) is 0 Å². The largest absolute Gasteiger partial charge is 0.330 e. The van der Waals surface area contributed by atoms with Gasteiger partial charge in [-0.15, -0.1) is 0 Å². The van der Waals surface area contributed by atoms with Crippen molar-refractivity contribution in [3.05, 3.63) is 0 Å². The highest BCUT2D eigenvalue weighted by atomic mass is 15.1. The Hall–Kier alpha value is -0.0800. The van der Waals surface area contributed by atoms with Gasteiger partial charge in [0.05, 0.1) is 0 Å². The van der Waals surface area contributed by atoms with Crippen molar-refractivity contribution < 1.29 is 0 Å². The Balaban J connectivity index is 2.03. The highest BCUT2D eigenvalue weighted by Crippen LogP contribution is 2.24. The molecule has 2 nitrogen and oxygen atoms in total. The summed E-state index contributed by atoms with van der Waals surface area (Å²) in [6.45, 7) is 3.29. The van der Waals surface area contributed by atoms with Gasteiger partial charge in [0, 0.05) is 6.54 Å². The molecule has 0 aliphatic heterocycles. The van der Waals surface area contributed by atoms with E-state index in [4.69, 9.17) is 5.73 Å². The van der Waals surface area contributed by atoms with E-state index in [2.05, 4.69) is 11.9 Å². The van der Waals surface area contributed by atoms with Gasteiger partial charge in [0.25, 0.3) is 0 Å². The van der Waals surface area contributed by atoms with Gasteiger partial charge in [-0.05, 0) is 45.3 Å². The quantitative estimate of drug-likeness (QED) is 0.677. The molecule has 0 saturated heterocycles. The lowest BCUT2D eigenvalue weighted by molar-refractivity contribution is 0.276. The lowest BCUT2D eigenvalue weighted by Crippen LogP contribution is -2.26. The van der Waals surface area contributed by atoms with E-state index >= 15 is 0 Å². The van der Waals surface area contributed by atoms with Gasteiger partial charge in [-0.3, -0.25) is 0 Å². The van der Waals surface area contributed by atoms with Crippen LogP contribution in [0, 0.1) is 5.92 Å². The number of hydrogen-bond donors (Lipinski definition) is 1. The number of nitrogens with two attached hydrogens (primary N) is 1. The van der Waals surface area contributed by atoms with Gasteiger partial charge in [-0.25, -0.2) is 0 Å². The highest BCUT2D eigenvalue weighted by molar-refractivity contribution is 4.70. The summed E-state index contributed by atoms with van der Waals surface area (Å²) in [5, 5.41) is 0. The lowest BCUT2D eigenvalue weighted by Gasteiger charge is -2.20. The van der Waals surface area contributed by atoms with Gasteiger partial charge in [0.1, 0.15) is 0 Å². The number of rotatable bonds is 5. The third kappa shape index (κ3) is 3.55. The van der Waals surface area contributed by atoms with Gasteiger partial charge >= 0.3 is 0 Å². The van der Waals surface area contributed by atoms with Crippen LogP contribution >= 0.6 is 0 Å². The second-order valence-corrected chi connectivity index (χ2v) is 4.05. The van der Waals surface area contributed by atoms with Crippen LogP contribution in [0.2, 0.25) is 0 Å². The van der Waals surface area contributed by atoms with Crippen LogP contribution in [0.3, 0.4) is 0 Å². The molecule has 1 fully saturated rings. The molecule has 0 aromatic heterocycles. The van der Waals surface area contributed by atoms with E-state index in [9.17, 15) is 0 Å². The van der Waals surface area contributed by atoms with Gasteiger partial charge < -0.3 is 10.6 Å². The molecular formula is C10H22N2. The van der Waals surface area contributed by atoms with Crippen LogP contribution in [0.5, 0.6) is 0 Å². The first-order valence-electron chi connectivity index (χ1n) is 5.21. The minimum Gasteiger partial charge on any atom is -0.330 e. The van der Waals surface area contributed by atoms with Crippen LogP contribution in [0.25, 0.3) is 0 Å². The predicted molar refractivity (Wildman–Crippen MR) is 53.1 cm³/mol. The molecule has 0 unspecified atom stereocenters. The maximum atomic E-state index is 5.46. The maximum absolute atomic E-state index is 5.46. The Labute approximate surface area is 76.1 Å². The van der Waals surface area contributed by atoms with Crippen molar-refractivity contribution in [3.8, 4) is 0 Å².